The van der Waals surface area contributed by atoms with Crippen molar-refractivity contribution in [2.24, 2.45) is 11.8 Å². The van der Waals surface area contributed by atoms with E-state index in [-0.39, 0.29) is 25.3 Å². The van der Waals surface area contributed by atoms with Crippen LogP contribution in [0.3, 0.4) is 0 Å². The van der Waals surface area contributed by atoms with Gasteiger partial charge in [0.2, 0.25) is 21.8 Å². The van der Waals surface area contributed by atoms with Gasteiger partial charge in [-0.2, -0.15) is 0 Å². The van der Waals surface area contributed by atoms with Gasteiger partial charge in [0.1, 0.15) is 29.3 Å². The molecule has 16 heteroatoms. The summed E-state index contributed by atoms with van der Waals surface area (Å²) in [7, 11) is 0.0711. The molecule has 6 aliphatic rings. The number of allylic oxidation sites excluding steroid dienone is 4. The zero-order valence-corrected chi connectivity index (χ0v) is 32.2. The predicted molar refractivity (Wildman–Crippen MR) is 194 cm³/mol. The van der Waals surface area contributed by atoms with Crippen LogP contribution in [-0.2, 0) is 33.9 Å². The molecule has 6 rings (SSSR count). The summed E-state index contributed by atoms with van der Waals surface area (Å²) < 4.78 is 39.2. The molecular weight excluding hydrogens is 705 g/mol. The first-order valence-corrected chi connectivity index (χ1v) is 20.4. The third-order valence-corrected chi connectivity index (χ3v) is 12.7. The normalized spacial score (nSPS) is 31.2. The molecule has 0 spiro atoms. The molecule has 3 aliphatic heterocycles. The molecule has 0 aromatic carbocycles. The van der Waals surface area contributed by atoms with E-state index in [1.165, 1.54) is 10.6 Å². The second kappa shape index (κ2) is 15.0. The molecule has 1 unspecified atom stereocenters. The molecule has 0 radical (unpaired) electrons. The summed E-state index contributed by atoms with van der Waals surface area (Å²) in [5.41, 5.74) is -0.0347. The molecule has 0 aromatic heterocycles. The number of nitrogens with one attached hydrogen (secondary N) is 3. The number of alkyl carbamates (subject to hydrolysis) is 1. The number of fused-ring (bicyclic) bond motifs is 3. The lowest BCUT2D eigenvalue weighted by atomic mass is 9.92. The number of hydrogen-bond donors (Lipinski definition) is 3. The van der Waals surface area contributed by atoms with E-state index >= 15 is 0 Å². The molecule has 0 aromatic rings. The van der Waals surface area contributed by atoms with Gasteiger partial charge in [0, 0.05) is 51.1 Å². The number of nitrogens with zero attached hydrogens (tertiary/aromatic N) is 3. The van der Waals surface area contributed by atoms with Crippen LogP contribution in [0.2, 0.25) is 0 Å². The highest BCUT2D eigenvalue weighted by atomic mass is 32.2. The van der Waals surface area contributed by atoms with Gasteiger partial charge in [-0.25, -0.2) is 18.0 Å². The second-order valence-corrected chi connectivity index (χ2v) is 18.5. The van der Waals surface area contributed by atoms with E-state index in [0.29, 0.717) is 45.2 Å². The van der Waals surface area contributed by atoms with Crippen LogP contribution in [0.25, 0.3) is 0 Å². The van der Waals surface area contributed by atoms with Crippen LogP contribution >= 0.6 is 0 Å². The van der Waals surface area contributed by atoms with Crippen LogP contribution in [0.4, 0.5) is 9.59 Å². The Labute approximate surface area is 311 Å². The van der Waals surface area contributed by atoms with Crippen LogP contribution < -0.4 is 15.4 Å². The molecule has 292 valence electrons. The molecule has 53 heavy (non-hydrogen) atoms. The van der Waals surface area contributed by atoms with Crippen LogP contribution in [0, 0.1) is 11.8 Å². The highest BCUT2D eigenvalue weighted by molar-refractivity contribution is 7.91. The monoisotopic (exact) mass is 758 g/mol. The molecule has 0 bridgehead atoms. The van der Waals surface area contributed by atoms with Crippen molar-refractivity contribution in [3.63, 3.8) is 0 Å². The Hall–Kier alpha value is -4.08. The molecule has 2 saturated carbocycles. The largest absolute Gasteiger partial charge is 0.444 e. The van der Waals surface area contributed by atoms with E-state index in [2.05, 4.69) is 26.3 Å². The topological polar surface area (TPSA) is 184 Å². The van der Waals surface area contributed by atoms with Crippen molar-refractivity contribution in [1.82, 2.24) is 30.1 Å². The van der Waals surface area contributed by atoms with E-state index in [4.69, 9.17) is 9.47 Å². The third-order valence-electron chi connectivity index (χ3n) is 10.9. The fourth-order valence-electron chi connectivity index (χ4n) is 7.69. The number of amides is 5. The SMILES string of the molecule is CN(C)C1=CC=C2CN(C(=O)O[C@@H]3C[C@H]4C(=O)N[C@]5(C(=O)NS(=O)(=O)C6CC6)C[C@H]5/C=C\CCCCC[C@H](NC(=O)OC(C)(C)C)C(=O)N4C3)CC2C1. The maximum Gasteiger partial charge on any atom is 0.410 e. The van der Waals surface area contributed by atoms with E-state index in [1.807, 2.05) is 32.3 Å². The van der Waals surface area contributed by atoms with Crippen LogP contribution in [-0.4, -0.2) is 121 Å². The van der Waals surface area contributed by atoms with Crippen molar-refractivity contribution in [1.29, 1.82) is 0 Å². The van der Waals surface area contributed by atoms with Crippen molar-refractivity contribution in [3.8, 4) is 0 Å². The van der Waals surface area contributed by atoms with Gasteiger partial charge in [-0.3, -0.25) is 19.1 Å². The van der Waals surface area contributed by atoms with Crippen molar-refractivity contribution in [2.45, 2.75) is 120 Å². The maximum atomic E-state index is 14.4. The lowest BCUT2D eigenvalue weighted by Gasteiger charge is -2.30. The number of ether oxygens (including phenoxy) is 2. The van der Waals surface area contributed by atoms with Gasteiger partial charge in [-0.1, -0.05) is 31.1 Å². The smallest absolute Gasteiger partial charge is 0.410 e. The molecule has 2 saturated heterocycles. The first-order chi connectivity index (χ1) is 25.0. The molecule has 4 fully saturated rings. The molecule has 6 atom stereocenters. The summed E-state index contributed by atoms with van der Waals surface area (Å²) in [6.45, 7) is 5.93. The first kappa shape index (κ1) is 38.6. The quantitative estimate of drug-likeness (QED) is 0.341. The number of rotatable bonds is 6. The van der Waals surface area contributed by atoms with Gasteiger partial charge in [-0.15, -0.1) is 0 Å². The minimum Gasteiger partial charge on any atom is -0.444 e. The van der Waals surface area contributed by atoms with Crippen LogP contribution in [0.1, 0.15) is 85.0 Å². The Morgan fingerprint density at radius 1 is 1.04 bits per heavy atom. The third kappa shape index (κ3) is 9.01. The van der Waals surface area contributed by atoms with Crippen LogP contribution in [0.15, 0.2) is 35.6 Å². The average molecular weight is 759 g/mol. The standard InChI is InChI=1S/C37H54N6O9S/c1-36(2,3)52-34(47)38-29-12-10-8-6-7-9-11-25-19-37(25,33(46)40-53(49,50)28-15-16-28)39-31(44)30-18-27(22-43(30)32(29)45)51-35(48)42-20-23-13-14-26(41(4)5)17-24(23)21-42/h9,11,13-14,24-25,27-30H,6-8,10,12,15-22H2,1-5H3,(H,38,47)(H,39,44)(H,40,46)/b11-9-/t24?,25-,27-,29+,30+,37-/m1/s1. The van der Waals surface area contributed by atoms with Gasteiger partial charge in [0.25, 0.3) is 5.91 Å². The summed E-state index contributed by atoms with van der Waals surface area (Å²) in [6, 6.07) is -2.20. The summed E-state index contributed by atoms with van der Waals surface area (Å²) >= 11 is 0. The van der Waals surface area contributed by atoms with E-state index in [1.54, 1.807) is 25.7 Å². The van der Waals surface area contributed by atoms with Crippen molar-refractivity contribution in [2.75, 3.05) is 33.7 Å². The Bertz CT molecular complexity index is 1700. The molecular formula is C37H54N6O9S. The van der Waals surface area contributed by atoms with Gasteiger partial charge in [-0.05, 0) is 77.4 Å². The number of carbonyl (C=O) groups excluding carboxylic acids is 5. The summed E-state index contributed by atoms with van der Waals surface area (Å²) in [4.78, 5) is 73.8. The lowest BCUT2D eigenvalue weighted by molar-refractivity contribution is -0.141. The van der Waals surface area contributed by atoms with E-state index < -0.39 is 80.4 Å². The van der Waals surface area contributed by atoms with Gasteiger partial charge in [0.15, 0.2) is 0 Å². The van der Waals surface area contributed by atoms with E-state index in [0.717, 1.165) is 24.8 Å². The number of hydrogen-bond acceptors (Lipinski definition) is 10. The molecule has 5 amide bonds. The summed E-state index contributed by atoms with van der Waals surface area (Å²) in [5.74, 6) is -2.29. The average Bonchev–Trinajstić information content (AvgIpc) is 3.96. The zero-order valence-electron chi connectivity index (χ0n) is 31.4. The lowest BCUT2D eigenvalue weighted by Crippen LogP contribution is -2.58. The minimum atomic E-state index is -3.90. The summed E-state index contributed by atoms with van der Waals surface area (Å²) in [6.07, 6.45) is 10.7. The number of carbonyl (C=O) groups is 5. The van der Waals surface area contributed by atoms with Crippen LogP contribution in [0.5, 0.6) is 0 Å². The summed E-state index contributed by atoms with van der Waals surface area (Å²) in [5, 5.41) is 4.91. The maximum absolute atomic E-state index is 14.4. The zero-order chi connectivity index (χ0) is 38.3. The van der Waals surface area contributed by atoms with Gasteiger partial charge >= 0.3 is 12.2 Å². The second-order valence-electron chi connectivity index (χ2n) is 16.5. The minimum absolute atomic E-state index is 0.0483. The highest BCUT2D eigenvalue weighted by Crippen LogP contribution is 2.46. The Balaban J connectivity index is 1.23. The number of likely N-dealkylation sites (tertiary alicyclic amines) is 1. The van der Waals surface area contributed by atoms with E-state index in [9.17, 15) is 32.4 Å². The fraction of sp³-hybridized carbons (Fsp3) is 0.703. The van der Waals surface area contributed by atoms with Gasteiger partial charge in [0.05, 0.1) is 11.8 Å². The number of sulfonamides is 1. The molecule has 3 aliphatic carbocycles. The Morgan fingerprint density at radius 2 is 1.79 bits per heavy atom. The Kier molecular flexibility index (Phi) is 10.9. The first-order valence-electron chi connectivity index (χ1n) is 18.8. The molecule has 3 heterocycles. The predicted octanol–water partition coefficient (Wildman–Crippen LogP) is 2.70. The highest BCUT2D eigenvalue weighted by Gasteiger charge is 2.62. The molecule has 15 nitrogen and oxygen atoms in total. The Morgan fingerprint density at radius 3 is 2.49 bits per heavy atom. The van der Waals surface area contributed by atoms with Crippen molar-refractivity contribution >= 4 is 39.9 Å². The van der Waals surface area contributed by atoms with Crippen molar-refractivity contribution in [3.05, 3.63) is 35.6 Å². The van der Waals surface area contributed by atoms with Gasteiger partial charge < -0.3 is 34.8 Å². The molecule has 3 N–H and O–H groups in total. The van der Waals surface area contributed by atoms with Crippen molar-refractivity contribution < 1.29 is 41.9 Å². The fourth-order valence-corrected chi connectivity index (χ4v) is 9.05.